The molecule has 1 aromatic heterocycles. The van der Waals surface area contributed by atoms with Crippen LogP contribution >= 0.6 is 0 Å². The van der Waals surface area contributed by atoms with E-state index in [4.69, 9.17) is 4.42 Å². The molecule has 0 amide bonds. The minimum Gasteiger partial charge on any atom is -0.419 e. The van der Waals surface area contributed by atoms with Crippen molar-refractivity contribution in [2.75, 3.05) is 6.54 Å². The Labute approximate surface area is 116 Å². The van der Waals surface area contributed by atoms with Crippen LogP contribution in [0.15, 0.2) is 22.6 Å². The monoisotopic (exact) mass is 276 g/mol. The highest BCUT2D eigenvalue weighted by molar-refractivity contribution is 5.64. The second-order valence-electron chi connectivity index (χ2n) is 4.38. The molecule has 0 aliphatic carbocycles. The van der Waals surface area contributed by atoms with E-state index in [-0.39, 0.29) is 5.69 Å². The van der Waals surface area contributed by atoms with Gasteiger partial charge in [0.05, 0.1) is 11.5 Å². The molecule has 0 atom stereocenters. The number of benzene rings is 1. The normalized spacial score (nSPS) is 10.7. The third-order valence-electron chi connectivity index (χ3n) is 2.90. The van der Waals surface area contributed by atoms with Crippen molar-refractivity contribution in [3.8, 4) is 11.5 Å². The molecule has 20 heavy (non-hydrogen) atoms. The molecule has 0 unspecified atom stereocenters. The Morgan fingerprint density at radius 3 is 2.90 bits per heavy atom. The van der Waals surface area contributed by atoms with Gasteiger partial charge in [-0.2, -0.15) is 0 Å². The molecule has 2 aromatic rings. The van der Waals surface area contributed by atoms with Gasteiger partial charge < -0.3 is 9.73 Å². The maximum Gasteiger partial charge on any atom is 0.273 e. The number of hydrogen-bond donors (Lipinski definition) is 1. The van der Waals surface area contributed by atoms with Crippen LogP contribution in [0.25, 0.3) is 11.5 Å². The van der Waals surface area contributed by atoms with Crippen molar-refractivity contribution in [3.05, 3.63) is 39.8 Å². The van der Waals surface area contributed by atoms with Crippen LogP contribution in [0.5, 0.6) is 0 Å². The van der Waals surface area contributed by atoms with Crippen LogP contribution in [0.1, 0.15) is 24.8 Å². The van der Waals surface area contributed by atoms with Crippen LogP contribution in [0, 0.1) is 17.0 Å². The summed E-state index contributed by atoms with van der Waals surface area (Å²) in [5.41, 5.74) is 1.16. The first kappa shape index (κ1) is 14.1. The predicted molar refractivity (Wildman–Crippen MR) is 73.1 cm³/mol. The first-order valence-corrected chi connectivity index (χ1v) is 6.41. The number of nitro groups is 1. The molecule has 7 heteroatoms. The van der Waals surface area contributed by atoms with Crippen molar-refractivity contribution in [2.24, 2.45) is 0 Å². The topological polar surface area (TPSA) is 94.1 Å². The van der Waals surface area contributed by atoms with Gasteiger partial charge in [-0.1, -0.05) is 13.0 Å². The van der Waals surface area contributed by atoms with Crippen molar-refractivity contribution < 1.29 is 9.34 Å². The summed E-state index contributed by atoms with van der Waals surface area (Å²) in [7, 11) is 0. The van der Waals surface area contributed by atoms with Crippen molar-refractivity contribution in [1.29, 1.82) is 0 Å². The lowest BCUT2D eigenvalue weighted by Gasteiger charge is -2.01. The Kier molecular flexibility index (Phi) is 4.41. The van der Waals surface area contributed by atoms with Gasteiger partial charge in [0.25, 0.3) is 5.69 Å². The fraction of sp³-hybridized carbons (Fsp3) is 0.385. The average Bonchev–Trinajstić information content (AvgIpc) is 2.87. The smallest absolute Gasteiger partial charge is 0.273 e. The SMILES string of the molecule is CCCNCc1nnc(-c2cccc([N+](=O)[O-])c2C)o1. The Morgan fingerprint density at radius 2 is 2.20 bits per heavy atom. The van der Waals surface area contributed by atoms with Gasteiger partial charge in [0.1, 0.15) is 0 Å². The Bertz CT molecular complexity index is 609. The van der Waals surface area contributed by atoms with E-state index in [0.29, 0.717) is 29.5 Å². The second kappa shape index (κ2) is 6.25. The van der Waals surface area contributed by atoms with Crippen molar-refractivity contribution in [3.63, 3.8) is 0 Å². The molecule has 0 aliphatic heterocycles. The van der Waals surface area contributed by atoms with Crippen LogP contribution in [-0.2, 0) is 6.54 Å². The summed E-state index contributed by atoms with van der Waals surface area (Å²) in [4.78, 5) is 10.5. The summed E-state index contributed by atoms with van der Waals surface area (Å²) in [6, 6.07) is 4.80. The van der Waals surface area contributed by atoms with E-state index in [0.717, 1.165) is 13.0 Å². The van der Waals surface area contributed by atoms with Gasteiger partial charge >= 0.3 is 0 Å². The zero-order valence-corrected chi connectivity index (χ0v) is 11.4. The van der Waals surface area contributed by atoms with Crippen LogP contribution in [0.3, 0.4) is 0 Å². The Morgan fingerprint density at radius 1 is 1.40 bits per heavy atom. The molecule has 0 spiro atoms. The van der Waals surface area contributed by atoms with Crippen LogP contribution < -0.4 is 5.32 Å². The third-order valence-corrected chi connectivity index (χ3v) is 2.90. The summed E-state index contributed by atoms with van der Waals surface area (Å²) in [5.74, 6) is 0.777. The van der Waals surface area contributed by atoms with E-state index in [2.05, 4.69) is 22.4 Å². The van der Waals surface area contributed by atoms with Crippen LogP contribution in [0.2, 0.25) is 0 Å². The Hall–Kier alpha value is -2.28. The molecule has 1 aromatic carbocycles. The van der Waals surface area contributed by atoms with E-state index in [1.807, 2.05) is 0 Å². The first-order chi connectivity index (χ1) is 9.63. The molecule has 0 saturated heterocycles. The minimum absolute atomic E-state index is 0.0476. The zero-order valence-electron chi connectivity index (χ0n) is 11.4. The van der Waals surface area contributed by atoms with E-state index in [1.54, 1.807) is 19.1 Å². The number of rotatable bonds is 6. The zero-order chi connectivity index (χ0) is 14.5. The van der Waals surface area contributed by atoms with Gasteiger partial charge in [-0.15, -0.1) is 10.2 Å². The molecule has 0 fully saturated rings. The standard InChI is InChI=1S/C13H16N4O3/c1-3-7-14-8-12-15-16-13(20-12)10-5-4-6-11(9(10)2)17(18)19/h4-6,14H,3,7-8H2,1-2H3. The van der Waals surface area contributed by atoms with Gasteiger partial charge in [0, 0.05) is 17.2 Å². The van der Waals surface area contributed by atoms with Gasteiger partial charge in [-0.3, -0.25) is 10.1 Å². The predicted octanol–water partition coefficient (Wildman–Crippen LogP) is 2.45. The third kappa shape index (κ3) is 3.00. The second-order valence-corrected chi connectivity index (χ2v) is 4.38. The summed E-state index contributed by atoms with van der Waals surface area (Å²) in [6.45, 7) is 5.10. The van der Waals surface area contributed by atoms with Crippen molar-refractivity contribution in [2.45, 2.75) is 26.8 Å². The summed E-state index contributed by atoms with van der Waals surface area (Å²) >= 11 is 0. The largest absolute Gasteiger partial charge is 0.419 e. The fourth-order valence-electron chi connectivity index (χ4n) is 1.86. The highest BCUT2D eigenvalue weighted by Gasteiger charge is 2.18. The molecule has 0 radical (unpaired) electrons. The summed E-state index contributed by atoms with van der Waals surface area (Å²) in [5, 5.41) is 21.9. The molecule has 0 bridgehead atoms. The number of hydrogen-bond acceptors (Lipinski definition) is 6. The molecule has 106 valence electrons. The summed E-state index contributed by atoms with van der Waals surface area (Å²) < 4.78 is 5.52. The van der Waals surface area contributed by atoms with Crippen LogP contribution in [0.4, 0.5) is 5.69 Å². The molecule has 0 saturated carbocycles. The molecule has 0 aliphatic rings. The maximum absolute atomic E-state index is 10.9. The number of nitro benzene ring substituents is 1. The van der Waals surface area contributed by atoms with E-state index < -0.39 is 4.92 Å². The lowest BCUT2D eigenvalue weighted by atomic mass is 10.1. The van der Waals surface area contributed by atoms with E-state index >= 15 is 0 Å². The quantitative estimate of drug-likeness (QED) is 0.494. The molecule has 7 nitrogen and oxygen atoms in total. The average molecular weight is 276 g/mol. The molecule has 1 N–H and O–H groups in total. The lowest BCUT2D eigenvalue weighted by molar-refractivity contribution is -0.385. The van der Waals surface area contributed by atoms with E-state index in [1.165, 1.54) is 6.07 Å². The van der Waals surface area contributed by atoms with Crippen molar-refractivity contribution in [1.82, 2.24) is 15.5 Å². The molecular weight excluding hydrogens is 260 g/mol. The van der Waals surface area contributed by atoms with Gasteiger partial charge in [0.2, 0.25) is 11.8 Å². The highest BCUT2D eigenvalue weighted by Crippen LogP contribution is 2.28. The highest BCUT2D eigenvalue weighted by atomic mass is 16.6. The minimum atomic E-state index is -0.418. The van der Waals surface area contributed by atoms with Crippen molar-refractivity contribution >= 4 is 5.69 Å². The van der Waals surface area contributed by atoms with E-state index in [9.17, 15) is 10.1 Å². The van der Waals surface area contributed by atoms with Gasteiger partial charge in [-0.25, -0.2) is 0 Å². The van der Waals surface area contributed by atoms with Crippen LogP contribution in [-0.4, -0.2) is 21.7 Å². The Balaban J connectivity index is 2.24. The molecule has 1 heterocycles. The fourth-order valence-corrected chi connectivity index (χ4v) is 1.86. The molecular formula is C13H16N4O3. The first-order valence-electron chi connectivity index (χ1n) is 6.41. The molecule has 2 rings (SSSR count). The van der Waals surface area contributed by atoms with Gasteiger partial charge in [0.15, 0.2) is 0 Å². The number of aromatic nitrogens is 2. The van der Waals surface area contributed by atoms with Gasteiger partial charge in [-0.05, 0) is 26.0 Å². The number of nitrogens with one attached hydrogen (secondary N) is 1. The lowest BCUT2D eigenvalue weighted by Crippen LogP contribution is -2.13. The summed E-state index contributed by atoms with van der Waals surface area (Å²) in [6.07, 6.45) is 1.02. The number of nitrogens with zero attached hydrogens (tertiary/aromatic N) is 3. The maximum atomic E-state index is 10.9.